The van der Waals surface area contributed by atoms with Gasteiger partial charge in [0.15, 0.2) is 0 Å². The normalized spacial score (nSPS) is 18.2. The zero-order valence-corrected chi connectivity index (χ0v) is 12.0. The monoisotopic (exact) mass is 314 g/mol. The van der Waals surface area contributed by atoms with Crippen LogP contribution in [0.15, 0.2) is 12.1 Å². The van der Waals surface area contributed by atoms with Crippen LogP contribution in [0.2, 0.25) is 0 Å². The van der Waals surface area contributed by atoms with Gasteiger partial charge in [0.1, 0.15) is 11.5 Å². The van der Waals surface area contributed by atoms with E-state index in [-0.39, 0.29) is 5.69 Å². The lowest BCUT2D eigenvalue weighted by Gasteiger charge is -2.22. The third kappa shape index (κ3) is 3.84. The van der Waals surface area contributed by atoms with E-state index in [0.717, 1.165) is 24.7 Å². The first-order valence-corrected chi connectivity index (χ1v) is 7.60. The van der Waals surface area contributed by atoms with Crippen LogP contribution in [-0.2, 0) is 0 Å². The summed E-state index contributed by atoms with van der Waals surface area (Å²) in [7, 11) is 0. The number of nitrogens with one attached hydrogen (secondary N) is 1. The van der Waals surface area contributed by atoms with E-state index >= 15 is 0 Å². The van der Waals surface area contributed by atoms with E-state index in [1.165, 1.54) is 6.42 Å². The molecule has 8 heteroatoms. The first kappa shape index (κ1) is 15.6. The number of benzene rings is 1. The molecular formula is C13H15FN2O4S. The molecule has 0 aromatic heterocycles. The molecule has 0 amide bonds. The van der Waals surface area contributed by atoms with Gasteiger partial charge in [0.05, 0.1) is 16.6 Å². The molecule has 0 radical (unpaired) electrons. The molecule has 1 saturated heterocycles. The summed E-state index contributed by atoms with van der Waals surface area (Å²) in [4.78, 5) is 21.2. The van der Waals surface area contributed by atoms with Crippen molar-refractivity contribution in [2.24, 2.45) is 0 Å². The fourth-order valence-electron chi connectivity index (χ4n) is 2.21. The van der Waals surface area contributed by atoms with Crippen LogP contribution in [0.5, 0.6) is 0 Å². The average molecular weight is 314 g/mol. The van der Waals surface area contributed by atoms with Crippen LogP contribution >= 0.6 is 11.8 Å². The topological polar surface area (TPSA) is 92.5 Å². The highest BCUT2D eigenvalue weighted by molar-refractivity contribution is 7.99. The van der Waals surface area contributed by atoms with Gasteiger partial charge in [-0.15, -0.1) is 0 Å². The summed E-state index contributed by atoms with van der Waals surface area (Å²) in [6.07, 6.45) is 3.30. The maximum absolute atomic E-state index is 13.5. The molecule has 114 valence electrons. The van der Waals surface area contributed by atoms with E-state index in [1.807, 2.05) is 0 Å². The number of hydrogen-bond donors (Lipinski definition) is 2. The van der Waals surface area contributed by atoms with E-state index < -0.39 is 28.0 Å². The second-order valence-corrected chi connectivity index (χ2v) is 6.19. The third-order valence-corrected chi connectivity index (χ3v) is 4.70. The van der Waals surface area contributed by atoms with Crippen molar-refractivity contribution in [3.8, 4) is 0 Å². The number of nitro groups is 1. The molecule has 1 atom stereocenters. The Balaban J connectivity index is 2.20. The number of carboxylic acid groups (broad SMARTS) is 1. The molecule has 1 heterocycles. The van der Waals surface area contributed by atoms with E-state index in [2.05, 4.69) is 5.32 Å². The minimum Gasteiger partial charge on any atom is -0.478 e. The second-order valence-electron chi connectivity index (χ2n) is 4.78. The molecule has 0 bridgehead atoms. The lowest BCUT2D eigenvalue weighted by atomic mass is 10.1. The highest BCUT2D eigenvalue weighted by Gasteiger charge is 2.22. The first-order valence-electron chi connectivity index (χ1n) is 6.55. The van der Waals surface area contributed by atoms with E-state index in [4.69, 9.17) is 5.11 Å². The Labute approximate surface area is 124 Å². The predicted octanol–water partition coefficient (Wildman–Crippen LogP) is 3.13. The van der Waals surface area contributed by atoms with Gasteiger partial charge in [0.25, 0.3) is 5.69 Å². The molecule has 0 spiro atoms. The SMILES string of the molecule is O=C(O)c1cc(NCC2CCCCS2)c([N+](=O)[O-])cc1F. The molecule has 2 N–H and O–H groups in total. The predicted molar refractivity (Wildman–Crippen MR) is 78.6 cm³/mol. The lowest BCUT2D eigenvalue weighted by Crippen LogP contribution is -2.20. The molecule has 1 fully saturated rings. The van der Waals surface area contributed by atoms with Gasteiger partial charge < -0.3 is 10.4 Å². The van der Waals surface area contributed by atoms with Crippen LogP contribution in [0.1, 0.15) is 29.6 Å². The van der Waals surface area contributed by atoms with Crippen molar-refractivity contribution < 1.29 is 19.2 Å². The van der Waals surface area contributed by atoms with Crippen molar-refractivity contribution in [2.75, 3.05) is 17.6 Å². The van der Waals surface area contributed by atoms with Crippen LogP contribution in [0.4, 0.5) is 15.8 Å². The smallest absolute Gasteiger partial charge is 0.338 e. The maximum Gasteiger partial charge on any atom is 0.338 e. The summed E-state index contributed by atoms with van der Waals surface area (Å²) >= 11 is 1.79. The molecular weight excluding hydrogens is 299 g/mol. The van der Waals surface area contributed by atoms with Crippen molar-refractivity contribution in [1.82, 2.24) is 0 Å². The van der Waals surface area contributed by atoms with Crippen molar-refractivity contribution >= 4 is 29.1 Å². The highest BCUT2D eigenvalue weighted by atomic mass is 32.2. The molecule has 0 aliphatic carbocycles. The van der Waals surface area contributed by atoms with Gasteiger partial charge in [-0.05, 0) is 24.7 Å². The van der Waals surface area contributed by atoms with Gasteiger partial charge in [0.2, 0.25) is 0 Å². The number of aromatic carboxylic acids is 1. The van der Waals surface area contributed by atoms with E-state index in [1.54, 1.807) is 11.8 Å². The third-order valence-electron chi connectivity index (χ3n) is 3.31. The summed E-state index contributed by atoms with van der Waals surface area (Å²) < 4.78 is 13.5. The fraction of sp³-hybridized carbons (Fsp3) is 0.462. The number of anilines is 1. The number of nitro benzene ring substituents is 1. The van der Waals surface area contributed by atoms with Crippen molar-refractivity contribution in [1.29, 1.82) is 0 Å². The van der Waals surface area contributed by atoms with Crippen LogP contribution in [0, 0.1) is 15.9 Å². The fourth-order valence-corrected chi connectivity index (χ4v) is 3.45. The number of thioether (sulfide) groups is 1. The van der Waals surface area contributed by atoms with Crippen molar-refractivity contribution in [3.05, 3.63) is 33.6 Å². The zero-order chi connectivity index (χ0) is 15.4. The Morgan fingerprint density at radius 1 is 1.52 bits per heavy atom. The van der Waals surface area contributed by atoms with Crippen molar-refractivity contribution in [2.45, 2.75) is 24.5 Å². The number of rotatable bonds is 5. The molecule has 1 aromatic carbocycles. The molecule has 1 unspecified atom stereocenters. The van der Waals surface area contributed by atoms with Crippen LogP contribution in [0.3, 0.4) is 0 Å². The molecule has 0 saturated carbocycles. The van der Waals surface area contributed by atoms with Gasteiger partial charge in [-0.1, -0.05) is 6.42 Å². The van der Waals surface area contributed by atoms with Gasteiger partial charge in [0, 0.05) is 11.8 Å². The maximum atomic E-state index is 13.5. The average Bonchev–Trinajstić information content (AvgIpc) is 2.46. The minimum atomic E-state index is -1.45. The number of carbonyl (C=O) groups is 1. The first-order chi connectivity index (χ1) is 9.99. The standard InChI is InChI=1S/C13H15FN2O4S/c14-10-6-12(16(19)20)11(5-9(10)13(17)18)15-7-8-3-1-2-4-21-8/h5-6,8,15H,1-4,7H2,(H,17,18). The molecule has 21 heavy (non-hydrogen) atoms. The highest BCUT2D eigenvalue weighted by Crippen LogP contribution is 2.30. The minimum absolute atomic E-state index is 0.0463. The number of carboxylic acids is 1. The molecule has 6 nitrogen and oxygen atoms in total. The Kier molecular flexibility index (Phi) is 5.00. The summed E-state index contributed by atoms with van der Waals surface area (Å²) in [5, 5.41) is 23.1. The zero-order valence-electron chi connectivity index (χ0n) is 11.2. The number of hydrogen-bond acceptors (Lipinski definition) is 5. The van der Waals surface area contributed by atoms with Gasteiger partial charge >= 0.3 is 5.97 Å². The van der Waals surface area contributed by atoms with Gasteiger partial charge in [-0.25, -0.2) is 9.18 Å². The second kappa shape index (κ2) is 6.75. The largest absolute Gasteiger partial charge is 0.478 e. The molecule has 2 rings (SSSR count). The molecule has 1 aliphatic rings. The van der Waals surface area contributed by atoms with Gasteiger partial charge in [-0.2, -0.15) is 11.8 Å². The molecule has 1 aliphatic heterocycles. The number of nitrogens with zero attached hydrogens (tertiary/aromatic N) is 1. The van der Waals surface area contributed by atoms with Crippen LogP contribution < -0.4 is 5.32 Å². The summed E-state index contributed by atoms with van der Waals surface area (Å²) in [5.41, 5.74) is -0.970. The number of halogens is 1. The van der Waals surface area contributed by atoms with Gasteiger partial charge in [-0.3, -0.25) is 10.1 Å². The Bertz CT molecular complexity index is 561. The quantitative estimate of drug-likeness (QED) is 0.641. The Hall–Kier alpha value is -1.83. The van der Waals surface area contributed by atoms with E-state index in [9.17, 15) is 19.3 Å². The summed E-state index contributed by atoms with van der Waals surface area (Å²) in [5.74, 6) is -1.50. The summed E-state index contributed by atoms with van der Waals surface area (Å²) in [6.45, 7) is 0.496. The Morgan fingerprint density at radius 3 is 2.86 bits per heavy atom. The van der Waals surface area contributed by atoms with Crippen molar-refractivity contribution in [3.63, 3.8) is 0 Å². The van der Waals surface area contributed by atoms with Crippen LogP contribution in [0.25, 0.3) is 0 Å². The molecule has 1 aromatic rings. The van der Waals surface area contributed by atoms with E-state index in [0.29, 0.717) is 17.9 Å². The summed E-state index contributed by atoms with van der Waals surface area (Å²) in [6, 6.07) is 1.64. The Morgan fingerprint density at radius 2 is 2.29 bits per heavy atom. The lowest BCUT2D eigenvalue weighted by molar-refractivity contribution is -0.384. The van der Waals surface area contributed by atoms with Crippen LogP contribution in [-0.4, -0.2) is 33.5 Å².